The molecule has 0 saturated carbocycles. The van der Waals surface area contributed by atoms with Crippen molar-refractivity contribution in [2.24, 2.45) is 0 Å². The monoisotopic (exact) mass is 384 g/mol. The molecule has 2 N–H and O–H groups in total. The SMILES string of the molecule is Cc1ccc(Cl)cc1NC(=O)c1cc(NCCc2ccccc2F)ncn1. The molecule has 0 atom stereocenters. The summed E-state index contributed by atoms with van der Waals surface area (Å²) < 4.78 is 13.6. The van der Waals surface area contributed by atoms with Gasteiger partial charge in [-0.3, -0.25) is 4.79 Å². The number of nitrogens with zero attached hydrogens (tertiary/aromatic N) is 2. The molecule has 3 aromatic rings. The van der Waals surface area contributed by atoms with Gasteiger partial charge in [-0.05, 0) is 42.7 Å². The van der Waals surface area contributed by atoms with Crippen molar-refractivity contribution in [3.05, 3.63) is 82.5 Å². The van der Waals surface area contributed by atoms with Crippen LogP contribution in [0.2, 0.25) is 5.02 Å². The summed E-state index contributed by atoms with van der Waals surface area (Å²) in [6, 6.07) is 13.4. The third kappa shape index (κ3) is 5.01. The number of hydrogen-bond acceptors (Lipinski definition) is 4. The van der Waals surface area contributed by atoms with Crippen LogP contribution in [0.15, 0.2) is 54.9 Å². The molecule has 138 valence electrons. The molecule has 0 unspecified atom stereocenters. The van der Waals surface area contributed by atoms with Crippen molar-refractivity contribution in [3.63, 3.8) is 0 Å². The van der Waals surface area contributed by atoms with Gasteiger partial charge in [0.1, 0.15) is 23.7 Å². The lowest BCUT2D eigenvalue weighted by Gasteiger charge is -2.10. The Morgan fingerprint density at radius 2 is 1.96 bits per heavy atom. The number of anilines is 2. The van der Waals surface area contributed by atoms with Crippen LogP contribution in [-0.4, -0.2) is 22.4 Å². The van der Waals surface area contributed by atoms with Crippen molar-refractivity contribution in [2.75, 3.05) is 17.2 Å². The van der Waals surface area contributed by atoms with Crippen molar-refractivity contribution < 1.29 is 9.18 Å². The van der Waals surface area contributed by atoms with Gasteiger partial charge in [-0.15, -0.1) is 0 Å². The van der Waals surface area contributed by atoms with Gasteiger partial charge in [-0.2, -0.15) is 0 Å². The maximum atomic E-state index is 13.6. The summed E-state index contributed by atoms with van der Waals surface area (Å²) in [4.78, 5) is 20.6. The number of rotatable bonds is 6. The molecule has 1 amide bonds. The van der Waals surface area contributed by atoms with Crippen molar-refractivity contribution in [2.45, 2.75) is 13.3 Å². The number of amides is 1. The Bertz CT molecular complexity index is 964. The molecule has 27 heavy (non-hydrogen) atoms. The van der Waals surface area contributed by atoms with Gasteiger partial charge in [-0.25, -0.2) is 14.4 Å². The Morgan fingerprint density at radius 1 is 1.15 bits per heavy atom. The lowest BCUT2D eigenvalue weighted by molar-refractivity contribution is 0.102. The predicted molar refractivity (Wildman–Crippen MR) is 105 cm³/mol. The number of benzene rings is 2. The van der Waals surface area contributed by atoms with Crippen molar-refractivity contribution in [1.82, 2.24) is 9.97 Å². The van der Waals surface area contributed by atoms with Gasteiger partial charge in [0.05, 0.1) is 0 Å². The van der Waals surface area contributed by atoms with E-state index in [0.29, 0.717) is 35.1 Å². The van der Waals surface area contributed by atoms with Crippen molar-refractivity contribution in [3.8, 4) is 0 Å². The first-order valence-corrected chi connectivity index (χ1v) is 8.77. The Balaban J connectivity index is 1.63. The first-order chi connectivity index (χ1) is 13.0. The Kier molecular flexibility index (Phi) is 5.98. The summed E-state index contributed by atoms with van der Waals surface area (Å²) >= 11 is 5.98. The maximum absolute atomic E-state index is 13.6. The lowest BCUT2D eigenvalue weighted by atomic mass is 10.1. The molecular weight excluding hydrogens is 367 g/mol. The second-order valence-corrected chi connectivity index (χ2v) is 6.41. The van der Waals surface area contributed by atoms with E-state index in [1.165, 1.54) is 12.4 Å². The molecule has 0 bridgehead atoms. The Hall–Kier alpha value is -2.99. The van der Waals surface area contributed by atoms with Crippen LogP contribution in [0.3, 0.4) is 0 Å². The largest absolute Gasteiger partial charge is 0.370 e. The van der Waals surface area contributed by atoms with E-state index < -0.39 is 0 Å². The first-order valence-electron chi connectivity index (χ1n) is 8.40. The fourth-order valence-electron chi connectivity index (χ4n) is 2.52. The van der Waals surface area contributed by atoms with E-state index in [0.717, 1.165) is 5.56 Å². The molecule has 1 aromatic heterocycles. The van der Waals surface area contributed by atoms with E-state index in [9.17, 15) is 9.18 Å². The molecule has 2 aromatic carbocycles. The van der Waals surface area contributed by atoms with E-state index in [1.54, 1.807) is 36.4 Å². The van der Waals surface area contributed by atoms with E-state index >= 15 is 0 Å². The second kappa shape index (κ2) is 8.60. The summed E-state index contributed by atoms with van der Waals surface area (Å²) in [5.41, 5.74) is 2.36. The van der Waals surface area contributed by atoms with Crippen LogP contribution in [0.25, 0.3) is 0 Å². The van der Waals surface area contributed by atoms with E-state index in [-0.39, 0.29) is 17.4 Å². The molecule has 0 saturated heterocycles. The molecule has 3 rings (SSSR count). The minimum absolute atomic E-state index is 0.220. The fraction of sp³-hybridized carbons (Fsp3) is 0.150. The zero-order chi connectivity index (χ0) is 19.2. The van der Waals surface area contributed by atoms with Gasteiger partial charge >= 0.3 is 0 Å². The van der Waals surface area contributed by atoms with E-state index in [1.807, 2.05) is 13.0 Å². The van der Waals surface area contributed by atoms with E-state index in [2.05, 4.69) is 20.6 Å². The molecule has 7 heteroatoms. The smallest absolute Gasteiger partial charge is 0.274 e. The number of carbonyl (C=O) groups excluding carboxylic acids is 1. The van der Waals surface area contributed by atoms with Gasteiger partial charge in [0, 0.05) is 23.3 Å². The quantitative estimate of drug-likeness (QED) is 0.657. The van der Waals surface area contributed by atoms with Gasteiger partial charge in [0.15, 0.2) is 0 Å². The van der Waals surface area contributed by atoms with Crippen LogP contribution in [0.5, 0.6) is 0 Å². The fourth-order valence-corrected chi connectivity index (χ4v) is 2.69. The van der Waals surface area contributed by atoms with Crippen molar-refractivity contribution >= 4 is 29.0 Å². The van der Waals surface area contributed by atoms with Crippen LogP contribution in [0.4, 0.5) is 15.9 Å². The molecule has 5 nitrogen and oxygen atoms in total. The molecule has 0 radical (unpaired) electrons. The summed E-state index contributed by atoms with van der Waals surface area (Å²) in [5, 5.41) is 6.41. The molecule has 0 fully saturated rings. The molecule has 0 spiro atoms. The molecule has 0 aliphatic rings. The van der Waals surface area contributed by atoms with Gasteiger partial charge in [-0.1, -0.05) is 35.9 Å². The number of carbonyl (C=O) groups is 1. The highest BCUT2D eigenvalue weighted by Crippen LogP contribution is 2.21. The molecule has 0 aliphatic heterocycles. The third-order valence-corrected chi connectivity index (χ3v) is 4.24. The number of aromatic nitrogens is 2. The second-order valence-electron chi connectivity index (χ2n) is 5.97. The Morgan fingerprint density at radius 3 is 2.78 bits per heavy atom. The minimum atomic E-state index is -0.361. The maximum Gasteiger partial charge on any atom is 0.274 e. The summed E-state index contributed by atoms with van der Waals surface area (Å²) in [6.45, 7) is 2.36. The first kappa shape index (κ1) is 18.8. The normalized spacial score (nSPS) is 10.5. The zero-order valence-corrected chi connectivity index (χ0v) is 15.4. The highest BCUT2D eigenvalue weighted by Gasteiger charge is 2.11. The Labute approximate surface area is 161 Å². The number of aryl methyl sites for hydroxylation is 1. The molecule has 1 heterocycles. The van der Waals surface area contributed by atoms with Crippen LogP contribution in [0, 0.1) is 12.7 Å². The van der Waals surface area contributed by atoms with Crippen LogP contribution >= 0.6 is 11.6 Å². The average molecular weight is 385 g/mol. The van der Waals surface area contributed by atoms with Crippen LogP contribution < -0.4 is 10.6 Å². The average Bonchev–Trinajstić information content (AvgIpc) is 2.66. The lowest BCUT2D eigenvalue weighted by Crippen LogP contribution is -2.16. The van der Waals surface area contributed by atoms with Crippen LogP contribution in [-0.2, 0) is 6.42 Å². The number of hydrogen-bond donors (Lipinski definition) is 2. The summed E-state index contributed by atoms with van der Waals surface area (Å²) in [5.74, 6) is -0.104. The predicted octanol–water partition coefficient (Wildman–Crippen LogP) is 4.48. The van der Waals surface area contributed by atoms with Gasteiger partial charge in [0.2, 0.25) is 0 Å². The highest BCUT2D eigenvalue weighted by molar-refractivity contribution is 6.31. The van der Waals surface area contributed by atoms with Gasteiger partial charge < -0.3 is 10.6 Å². The zero-order valence-electron chi connectivity index (χ0n) is 14.7. The number of halogens is 2. The third-order valence-electron chi connectivity index (χ3n) is 4.01. The van der Waals surface area contributed by atoms with E-state index in [4.69, 9.17) is 11.6 Å². The van der Waals surface area contributed by atoms with Crippen molar-refractivity contribution in [1.29, 1.82) is 0 Å². The van der Waals surface area contributed by atoms with Crippen LogP contribution in [0.1, 0.15) is 21.6 Å². The number of nitrogens with one attached hydrogen (secondary N) is 2. The standard InChI is InChI=1S/C20H18ClFN4O/c1-13-6-7-15(21)10-17(13)26-20(27)18-11-19(25-12-24-18)23-9-8-14-4-2-3-5-16(14)22/h2-7,10-12H,8-9H2,1H3,(H,26,27)(H,23,24,25). The summed E-state index contributed by atoms with van der Waals surface area (Å²) in [6.07, 6.45) is 1.81. The topological polar surface area (TPSA) is 66.9 Å². The highest BCUT2D eigenvalue weighted by atomic mass is 35.5. The van der Waals surface area contributed by atoms with Gasteiger partial charge in [0.25, 0.3) is 5.91 Å². The molecule has 0 aliphatic carbocycles. The minimum Gasteiger partial charge on any atom is -0.370 e. The molecular formula is C20H18ClFN4O. The summed E-state index contributed by atoms with van der Waals surface area (Å²) in [7, 11) is 0.